The lowest BCUT2D eigenvalue weighted by Crippen LogP contribution is -2.32. The van der Waals surface area contributed by atoms with Gasteiger partial charge in [0.1, 0.15) is 11.6 Å². The Bertz CT molecular complexity index is 597. The van der Waals surface area contributed by atoms with Gasteiger partial charge >= 0.3 is 6.61 Å². The monoisotopic (exact) mass is 280 g/mol. The Labute approximate surface area is 114 Å². The Morgan fingerprint density at radius 1 is 1.30 bits per heavy atom. The van der Waals surface area contributed by atoms with Crippen molar-refractivity contribution in [3.05, 3.63) is 30.1 Å². The SMILES string of the molecule is CC1NCCn2c(-c3ccc(OC(F)F)cc3)nnc21. The minimum Gasteiger partial charge on any atom is -0.435 e. The average molecular weight is 280 g/mol. The van der Waals surface area contributed by atoms with Gasteiger partial charge in [0.2, 0.25) is 0 Å². The summed E-state index contributed by atoms with van der Waals surface area (Å²) in [4.78, 5) is 0. The molecule has 0 saturated heterocycles. The van der Waals surface area contributed by atoms with Gasteiger partial charge in [-0.15, -0.1) is 10.2 Å². The Morgan fingerprint density at radius 3 is 2.75 bits per heavy atom. The highest BCUT2D eigenvalue weighted by Crippen LogP contribution is 2.25. The average Bonchev–Trinajstić information content (AvgIpc) is 2.84. The highest BCUT2D eigenvalue weighted by Gasteiger charge is 2.21. The van der Waals surface area contributed by atoms with Crippen molar-refractivity contribution < 1.29 is 13.5 Å². The Balaban J connectivity index is 1.90. The lowest BCUT2D eigenvalue weighted by Gasteiger charge is -2.21. The van der Waals surface area contributed by atoms with E-state index >= 15 is 0 Å². The number of rotatable bonds is 3. The van der Waals surface area contributed by atoms with E-state index in [-0.39, 0.29) is 11.8 Å². The summed E-state index contributed by atoms with van der Waals surface area (Å²) in [7, 11) is 0. The summed E-state index contributed by atoms with van der Waals surface area (Å²) >= 11 is 0. The molecular formula is C13H14F2N4O. The first kappa shape index (κ1) is 13.0. The van der Waals surface area contributed by atoms with Crippen LogP contribution in [0.3, 0.4) is 0 Å². The highest BCUT2D eigenvalue weighted by molar-refractivity contribution is 5.57. The van der Waals surface area contributed by atoms with Gasteiger partial charge in [0, 0.05) is 18.7 Å². The van der Waals surface area contributed by atoms with Gasteiger partial charge in [-0.2, -0.15) is 8.78 Å². The predicted octanol–water partition coefficient (Wildman–Crippen LogP) is 2.21. The molecule has 2 heterocycles. The number of fused-ring (bicyclic) bond motifs is 1. The third-order valence-corrected chi connectivity index (χ3v) is 3.29. The molecule has 1 atom stereocenters. The molecule has 1 aromatic heterocycles. The van der Waals surface area contributed by atoms with Crippen LogP contribution < -0.4 is 10.1 Å². The van der Waals surface area contributed by atoms with Gasteiger partial charge in [-0.3, -0.25) is 0 Å². The first-order chi connectivity index (χ1) is 9.65. The quantitative estimate of drug-likeness (QED) is 0.936. The molecule has 0 radical (unpaired) electrons. The molecule has 0 aliphatic carbocycles. The molecule has 0 bridgehead atoms. The van der Waals surface area contributed by atoms with Crippen molar-refractivity contribution in [3.63, 3.8) is 0 Å². The van der Waals surface area contributed by atoms with Gasteiger partial charge in [-0.25, -0.2) is 0 Å². The number of nitrogens with one attached hydrogen (secondary N) is 1. The van der Waals surface area contributed by atoms with Crippen LogP contribution in [-0.4, -0.2) is 27.9 Å². The van der Waals surface area contributed by atoms with Crippen molar-refractivity contribution in [2.75, 3.05) is 6.54 Å². The summed E-state index contributed by atoms with van der Waals surface area (Å²) in [6, 6.07) is 6.59. The van der Waals surface area contributed by atoms with E-state index < -0.39 is 6.61 Å². The molecule has 1 N–H and O–H groups in total. The Hall–Kier alpha value is -2.02. The van der Waals surface area contributed by atoms with Crippen molar-refractivity contribution in [3.8, 4) is 17.1 Å². The van der Waals surface area contributed by atoms with E-state index in [0.29, 0.717) is 0 Å². The van der Waals surface area contributed by atoms with Gasteiger partial charge in [-0.05, 0) is 31.2 Å². The van der Waals surface area contributed by atoms with Crippen LogP contribution in [-0.2, 0) is 6.54 Å². The van der Waals surface area contributed by atoms with Crippen LogP contribution in [0.1, 0.15) is 18.8 Å². The molecule has 20 heavy (non-hydrogen) atoms. The molecule has 2 aromatic rings. The van der Waals surface area contributed by atoms with Gasteiger partial charge in [0.05, 0.1) is 6.04 Å². The first-order valence-electron chi connectivity index (χ1n) is 6.37. The number of aromatic nitrogens is 3. The number of hydrogen-bond acceptors (Lipinski definition) is 4. The second kappa shape index (κ2) is 5.16. The summed E-state index contributed by atoms with van der Waals surface area (Å²) < 4.78 is 30.6. The van der Waals surface area contributed by atoms with Crippen LogP contribution in [0.4, 0.5) is 8.78 Å². The zero-order chi connectivity index (χ0) is 14.1. The van der Waals surface area contributed by atoms with Crippen molar-refractivity contribution in [2.24, 2.45) is 0 Å². The van der Waals surface area contributed by atoms with Crippen LogP contribution in [0.2, 0.25) is 0 Å². The molecule has 1 unspecified atom stereocenters. The third kappa shape index (κ3) is 2.36. The largest absolute Gasteiger partial charge is 0.435 e. The first-order valence-corrected chi connectivity index (χ1v) is 6.37. The fraction of sp³-hybridized carbons (Fsp3) is 0.385. The molecule has 3 rings (SSSR count). The number of ether oxygens (including phenoxy) is 1. The molecule has 1 aliphatic rings. The number of alkyl halides is 2. The van der Waals surface area contributed by atoms with E-state index in [2.05, 4.69) is 20.3 Å². The van der Waals surface area contributed by atoms with Crippen LogP contribution in [0.25, 0.3) is 11.4 Å². The Kier molecular flexibility index (Phi) is 3.35. The lowest BCUT2D eigenvalue weighted by molar-refractivity contribution is -0.0498. The van der Waals surface area contributed by atoms with Crippen LogP contribution in [0.5, 0.6) is 5.75 Å². The summed E-state index contributed by atoms with van der Waals surface area (Å²) in [6.45, 7) is 0.861. The zero-order valence-corrected chi connectivity index (χ0v) is 10.9. The highest BCUT2D eigenvalue weighted by atomic mass is 19.3. The van der Waals surface area contributed by atoms with E-state index in [0.717, 1.165) is 30.3 Å². The summed E-state index contributed by atoms with van der Waals surface area (Å²) in [5.41, 5.74) is 0.833. The molecule has 7 heteroatoms. The standard InChI is InChI=1S/C13H14F2N4O/c1-8-11-17-18-12(19(11)7-6-16-8)9-2-4-10(5-3-9)20-13(14)15/h2-5,8,13,16H,6-7H2,1H3. The predicted molar refractivity (Wildman–Crippen MR) is 68.5 cm³/mol. The maximum Gasteiger partial charge on any atom is 0.387 e. The topological polar surface area (TPSA) is 52.0 Å². The fourth-order valence-electron chi connectivity index (χ4n) is 2.34. The smallest absolute Gasteiger partial charge is 0.387 e. The summed E-state index contributed by atoms with van der Waals surface area (Å²) in [6.07, 6.45) is 0. The number of nitrogens with zero attached hydrogens (tertiary/aromatic N) is 3. The molecule has 106 valence electrons. The summed E-state index contributed by atoms with van der Waals surface area (Å²) in [5.74, 6) is 1.77. The molecule has 0 spiro atoms. The minimum atomic E-state index is -2.81. The third-order valence-electron chi connectivity index (χ3n) is 3.29. The van der Waals surface area contributed by atoms with Gasteiger partial charge in [0.25, 0.3) is 0 Å². The minimum absolute atomic E-state index is 0.136. The fourth-order valence-corrected chi connectivity index (χ4v) is 2.34. The lowest BCUT2D eigenvalue weighted by atomic mass is 10.2. The van der Waals surface area contributed by atoms with Gasteiger partial charge < -0.3 is 14.6 Å². The molecule has 0 saturated carbocycles. The second-order valence-electron chi connectivity index (χ2n) is 4.61. The summed E-state index contributed by atoms with van der Waals surface area (Å²) in [5, 5.41) is 11.7. The van der Waals surface area contributed by atoms with Crippen LogP contribution in [0, 0.1) is 0 Å². The van der Waals surface area contributed by atoms with E-state index in [9.17, 15) is 8.78 Å². The number of benzene rings is 1. The molecule has 1 aliphatic heterocycles. The van der Waals surface area contributed by atoms with E-state index in [1.165, 1.54) is 12.1 Å². The van der Waals surface area contributed by atoms with Crippen molar-refractivity contribution >= 4 is 0 Å². The molecular weight excluding hydrogens is 266 g/mol. The van der Waals surface area contributed by atoms with Crippen molar-refractivity contribution in [1.82, 2.24) is 20.1 Å². The van der Waals surface area contributed by atoms with E-state index in [1.807, 2.05) is 11.5 Å². The number of hydrogen-bond donors (Lipinski definition) is 1. The molecule has 0 fully saturated rings. The second-order valence-corrected chi connectivity index (χ2v) is 4.61. The molecule has 1 aromatic carbocycles. The van der Waals surface area contributed by atoms with E-state index in [4.69, 9.17) is 0 Å². The Morgan fingerprint density at radius 2 is 2.05 bits per heavy atom. The van der Waals surface area contributed by atoms with Crippen molar-refractivity contribution in [1.29, 1.82) is 0 Å². The molecule has 5 nitrogen and oxygen atoms in total. The van der Waals surface area contributed by atoms with Crippen molar-refractivity contribution in [2.45, 2.75) is 26.1 Å². The maximum atomic E-state index is 12.1. The number of halogens is 2. The van der Waals surface area contributed by atoms with Crippen LogP contribution in [0.15, 0.2) is 24.3 Å². The van der Waals surface area contributed by atoms with Gasteiger partial charge in [0.15, 0.2) is 5.82 Å². The van der Waals surface area contributed by atoms with Gasteiger partial charge in [-0.1, -0.05) is 0 Å². The maximum absolute atomic E-state index is 12.1. The van der Waals surface area contributed by atoms with Crippen LogP contribution >= 0.6 is 0 Å². The molecule has 0 amide bonds. The zero-order valence-electron chi connectivity index (χ0n) is 10.9. The normalized spacial score (nSPS) is 18.1. The van der Waals surface area contributed by atoms with E-state index in [1.54, 1.807) is 12.1 Å².